The lowest BCUT2D eigenvalue weighted by Gasteiger charge is -2.10. The number of aromatic amines is 1. The minimum Gasteiger partial charge on any atom is -0.316 e. The van der Waals surface area contributed by atoms with Crippen LogP contribution < -0.4 is 11.1 Å². The number of hydrogen-bond acceptors (Lipinski definition) is 2. The van der Waals surface area contributed by atoms with Crippen molar-refractivity contribution in [1.82, 2.24) is 9.55 Å². The second kappa shape index (κ2) is 4.75. The number of alkyl halides is 3. The molecule has 7 heteroatoms. The number of benzene rings is 1. The molecule has 100 valence electrons. The maximum Gasteiger partial charge on any atom is 0.406 e. The summed E-state index contributed by atoms with van der Waals surface area (Å²) in [6.07, 6.45) is -3.57. The van der Waals surface area contributed by atoms with Gasteiger partial charge in [0, 0.05) is 6.20 Å². The summed E-state index contributed by atoms with van der Waals surface area (Å²) >= 11 is 0. The van der Waals surface area contributed by atoms with Gasteiger partial charge in [0.05, 0.1) is 5.69 Å². The number of aromatic nitrogens is 2. The van der Waals surface area contributed by atoms with E-state index in [-0.39, 0.29) is 5.69 Å². The Hall–Kier alpha value is -2.31. The van der Waals surface area contributed by atoms with E-state index >= 15 is 0 Å². The number of rotatable bonds is 2. The SMILES string of the molecule is O=c1[nH]c(-c2ccccc2)cn(CC(F)(F)F)c1=O. The predicted molar refractivity (Wildman–Crippen MR) is 62.8 cm³/mol. The van der Waals surface area contributed by atoms with E-state index in [0.717, 1.165) is 6.20 Å². The largest absolute Gasteiger partial charge is 0.406 e. The zero-order chi connectivity index (χ0) is 14.0. The predicted octanol–water partition coefficient (Wildman–Crippen LogP) is 1.77. The van der Waals surface area contributed by atoms with Crippen LogP contribution in [0.5, 0.6) is 0 Å². The Balaban J connectivity index is 2.55. The number of nitrogens with zero attached hydrogens (tertiary/aromatic N) is 1. The van der Waals surface area contributed by atoms with Crippen LogP contribution in [0.15, 0.2) is 46.1 Å². The first-order chi connectivity index (χ1) is 8.87. The summed E-state index contributed by atoms with van der Waals surface area (Å²) in [5.74, 6) is 0. The normalized spacial score (nSPS) is 11.5. The molecule has 2 rings (SSSR count). The fourth-order valence-electron chi connectivity index (χ4n) is 1.63. The van der Waals surface area contributed by atoms with Crippen LogP contribution in [0.25, 0.3) is 11.3 Å². The first-order valence-corrected chi connectivity index (χ1v) is 5.33. The second-order valence-electron chi connectivity index (χ2n) is 3.91. The molecule has 0 unspecified atom stereocenters. The van der Waals surface area contributed by atoms with Crippen molar-refractivity contribution in [2.75, 3.05) is 0 Å². The third kappa shape index (κ3) is 3.12. The summed E-state index contributed by atoms with van der Waals surface area (Å²) in [5, 5.41) is 0. The third-order valence-corrected chi connectivity index (χ3v) is 2.42. The molecule has 0 atom stereocenters. The molecule has 1 heterocycles. The van der Waals surface area contributed by atoms with Crippen LogP contribution in [0.3, 0.4) is 0 Å². The standard InChI is InChI=1S/C12H9F3N2O2/c13-12(14,15)7-17-6-9(16-10(18)11(17)19)8-4-2-1-3-5-8/h1-6H,7H2,(H,16,18). The number of nitrogens with one attached hydrogen (secondary N) is 1. The molecule has 0 spiro atoms. The summed E-state index contributed by atoms with van der Waals surface area (Å²) in [6, 6.07) is 8.31. The van der Waals surface area contributed by atoms with Crippen LogP contribution in [0, 0.1) is 0 Å². The van der Waals surface area contributed by atoms with E-state index in [0.29, 0.717) is 10.1 Å². The maximum atomic E-state index is 12.3. The number of halogens is 3. The van der Waals surface area contributed by atoms with E-state index in [1.54, 1.807) is 30.3 Å². The highest BCUT2D eigenvalue weighted by Crippen LogP contribution is 2.18. The molecule has 1 N–H and O–H groups in total. The van der Waals surface area contributed by atoms with Gasteiger partial charge in [0.15, 0.2) is 0 Å². The molecule has 2 aromatic rings. The lowest BCUT2D eigenvalue weighted by Crippen LogP contribution is -2.39. The van der Waals surface area contributed by atoms with Gasteiger partial charge in [0.1, 0.15) is 6.54 Å². The van der Waals surface area contributed by atoms with Crippen LogP contribution in [0.4, 0.5) is 13.2 Å². The van der Waals surface area contributed by atoms with Crippen LogP contribution in [-0.4, -0.2) is 15.7 Å². The van der Waals surface area contributed by atoms with Gasteiger partial charge in [-0.3, -0.25) is 14.2 Å². The molecule has 1 aromatic carbocycles. The summed E-state index contributed by atoms with van der Waals surface area (Å²) in [4.78, 5) is 25.0. The quantitative estimate of drug-likeness (QED) is 0.845. The molecule has 19 heavy (non-hydrogen) atoms. The summed E-state index contributed by atoms with van der Waals surface area (Å²) in [6.45, 7) is -1.49. The van der Waals surface area contributed by atoms with Gasteiger partial charge in [-0.05, 0) is 5.56 Å². The van der Waals surface area contributed by atoms with Crippen molar-refractivity contribution >= 4 is 0 Å². The molecule has 0 saturated heterocycles. The summed E-state index contributed by atoms with van der Waals surface area (Å²) in [7, 11) is 0. The van der Waals surface area contributed by atoms with Gasteiger partial charge < -0.3 is 4.98 Å². The zero-order valence-corrected chi connectivity index (χ0v) is 9.57. The van der Waals surface area contributed by atoms with Gasteiger partial charge in [0.25, 0.3) is 0 Å². The summed E-state index contributed by atoms with van der Waals surface area (Å²) in [5.41, 5.74) is -1.62. The Bertz CT molecular complexity index is 687. The molecular weight excluding hydrogens is 261 g/mol. The van der Waals surface area contributed by atoms with E-state index in [1.807, 2.05) is 0 Å². The molecular formula is C12H9F3N2O2. The first-order valence-electron chi connectivity index (χ1n) is 5.33. The average molecular weight is 270 g/mol. The first kappa shape index (κ1) is 13.1. The Labute approximate surface area is 105 Å². The Morgan fingerprint density at radius 1 is 1.11 bits per heavy atom. The Kier molecular flexibility index (Phi) is 3.28. The smallest absolute Gasteiger partial charge is 0.316 e. The minimum atomic E-state index is -4.56. The zero-order valence-electron chi connectivity index (χ0n) is 9.57. The van der Waals surface area contributed by atoms with Gasteiger partial charge in [0.2, 0.25) is 0 Å². The van der Waals surface area contributed by atoms with Gasteiger partial charge in [-0.25, -0.2) is 0 Å². The Morgan fingerprint density at radius 3 is 2.32 bits per heavy atom. The van der Waals surface area contributed by atoms with Crippen molar-refractivity contribution in [3.8, 4) is 11.3 Å². The van der Waals surface area contributed by atoms with Gasteiger partial charge >= 0.3 is 17.3 Å². The highest BCUT2D eigenvalue weighted by atomic mass is 19.4. The molecule has 0 aliphatic heterocycles. The minimum absolute atomic E-state index is 0.162. The monoisotopic (exact) mass is 270 g/mol. The molecule has 0 aliphatic carbocycles. The maximum absolute atomic E-state index is 12.3. The fourth-order valence-corrected chi connectivity index (χ4v) is 1.63. The highest BCUT2D eigenvalue weighted by Gasteiger charge is 2.29. The van der Waals surface area contributed by atoms with E-state index in [9.17, 15) is 22.8 Å². The van der Waals surface area contributed by atoms with Crippen LogP contribution in [-0.2, 0) is 6.54 Å². The third-order valence-electron chi connectivity index (χ3n) is 2.42. The average Bonchev–Trinajstić information content (AvgIpc) is 2.34. The second-order valence-corrected chi connectivity index (χ2v) is 3.91. The van der Waals surface area contributed by atoms with Crippen LogP contribution in [0.2, 0.25) is 0 Å². The molecule has 1 aromatic heterocycles. The topological polar surface area (TPSA) is 54.9 Å². The van der Waals surface area contributed by atoms with Crippen molar-refractivity contribution in [2.24, 2.45) is 0 Å². The van der Waals surface area contributed by atoms with E-state index in [4.69, 9.17) is 0 Å². The molecule has 4 nitrogen and oxygen atoms in total. The molecule has 0 radical (unpaired) electrons. The van der Waals surface area contributed by atoms with Crippen molar-refractivity contribution in [1.29, 1.82) is 0 Å². The van der Waals surface area contributed by atoms with E-state index in [2.05, 4.69) is 4.98 Å². The Morgan fingerprint density at radius 2 is 1.74 bits per heavy atom. The van der Waals surface area contributed by atoms with Crippen LogP contribution >= 0.6 is 0 Å². The summed E-state index contributed by atoms with van der Waals surface area (Å²) < 4.78 is 37.3. The number of hydrogen-bond donors (Lipinski definition) is 1. The van der Waals surface area contributed by atoms with Crippen LogP contribution in [0.1, 0.15) is 0 Å². The van der Waals surface area contributed by atoms with Gasteiger partial charge in [-0.1, -0.05) is 30.3 Å². The van der Waals surface area contributed by atoms with Gasteiger partial charge in [-0.15, -0.1) is 0 Å². The van der Waals surface area contributed by atoms with E-state index < -0.39 is 23.8 Å². The molecule has 0 bridgehead atoms. The molecule has 0 aliphatic rings. The van der Waals surface area contributed by atoms with Crippen molar-refractivity contribution in [3.05, 3.63) is 57.2 Å². The molecule has 0 fully saturated rings. The van der Waals surface area contributed by atoms with E-state index in [1.165, 1.54) is 0 Å². The lowest BCUT2D eigenvalue weighted by atomic mass is 10.2. The molecule has 0 amide bonds. The van der Waals surface area contributed by atoms with Crippen molar-refractivity contribution in [2.45, 2.75) is 12.7 Å². The lowest BCUT2D eigenvalue weighted by molar-refractivity contribution is -0.141. The van der Waals surface area contributed by atoms with Crippen molar-refractivity contribution in [3.63, 3.8) is 0 Å². The fraction of sp³-hybridized carbons (Fsp3) is 0.167. The van der Waals surface area contributed by atoms with Crippen molar-refractivity contribution < 1.29 is 13.2 Å². The van der Waals surface area contributed by atoms with Gasteiger partial charge in [-0.2, -0.15) is 13.2 Å². The highest BCUT2D eigenvalue weighted by molar-refractivity contribution is 5.57. The number of H-pyrrole nitrogens is 1. The molecule has 0 saturated carbocycles.